The molecule has 0 aromatic carbocycles. The molecule has 82 valence electrons. The largest absolute Gasteiger partial charge is 0.460 e. The van der Waals surface area contributed by atoms with Gasteiger partial charge in [0.25, 0.3) is 0 Å². The molecule has 1 aliphatic heterocycles. The number of hydrogen-bond donors (Lipinski definition) is 1. The molecule has 1 fully saturated rings. The average molecular weight is 209 g/mol. The highest BCUT2D eigenvalue weighted by atomic mass is 16.5. The number of amidine groups is 2. The van der Waals surface area contributed by atoms with Crippen LogP contribution in [0.15, 0.2) is 9.98 Å². The molecule has 5 nitrogen and oxygen atoms in total. The normalized spacial score (nSPS) is 22.7. The first-order chi connectivity index (χ1) is 7.18. The van der Waals surface area contributed by atoms with Gasteiger partial charge in [-0.3, -0.25) is 0 Å². The monoisotopic (exact) mass is 209 g/mol. The highest BCUT2D eigenvalue weighted by molar-refractivity contribution is 6.39. The second-order valence-corrected chi connectivity index (χ2v) is 3.89. The number of ether oxygens (including phenoxy) is 1. The van der Waals surface area contributed by atoms with Crippen molar-refractivity contribution in [1.82, 2.24) is 0 Å². The summed E-state index contributed by atoms with van der Waals surface area (Å²) in [6, 6.07) is 0. The van der Waals surface area contributed by atoms with E-state index < -0.39 is 5.97 Å². The van der Waals surface area contributed by atoms with E-state index in [2.05, 4.69) is 9.98 Å². The molecule has 1 spiro atoms. The molecule has 0 radical (unpaired) electrons. The zero-order valence-corrected chi connectivity index (χ0v) is 8.82. The number of aliphatic imine (C=N–C) groups is 2. The number of carbonyl (C=O) groups excluding carboxylic acids is 1. The van der Waals surface area contributed by atoms with Crippen LogP contribution >= 0.6 is 0 Å². The lowest BCUT2D eigenvalue weighted by Crippen LogP contribution is -2.37. The maximum Gasteiger partial charge on any atom is 0.376 e. The molecule has 0 saturated heterocycles. The SMILES string of the molecule is CCOC(=O)C1=NC2(CCCC2)C(N)=N1. The van der Waals surface area contributed by atoms with Gasteiger partial charge >= 0.3 is 5.97 Å². The lowest BCUT2D eigenvalue weighted by Gasteiger charge is -2.17. The number of rotatable bonds is 2. The molecule has 0 amide bonds. The molecule has 1 heterocycles. The summed E-state index contributed by atoms with van der Waals surface area (Å²) in [5, 5.41) is 0. The van der Waals surface area contributed by atoms with Gasteiger partial charge < -0.3 is 10.5 Å². The zero-order valence-electron chi connectivity index (χ0n) is 8.82. The van der Waals surface area contributed by atoms with Gasteiger partial charge in [-0.25, -0.2) is 14.8 Å². The maximum atomic E-state index is 11.4. The molecule has 15 heavy (non-hydrogen) atoms. The Kier molecular flexibility index (Phi) is 2.46. The minimum atomic E-state index is -0.468. The van der Waals surface area contributed by atoms with Crippen LogP contribution in [0, 0.1) is 0 Å². The van der Waals surface area contributed by atoms with Crippen LogP contribution in [0.5, 0.6) is 0 Å². The van der Waals surface area contributed by atoms with E-state index in [0.717, 1.165) is 25.7 Å². The first kappa shape index (κ1) is 10.1. The van der Waals surface area contributed by atoms with E-state index in [-0.39, 0.29) is 11.4 Å². The molecule has 1 saturated carbocycles. The van der Waals surface area contributed by atoms with Crippen molar-refractivity contribution in [3.63, 3.8) is 0 Å². The number of nitrogens with two attached hydrogens (primary N) is 1. The fraction of sp³-hybridized carbons (Fsp3) is 0.700. The third-order valence-corrected chi connectivity index (χ3v) is 2.91. The fourth-order valence-electron chi connectivity index (χ4n) is 2.12. The van der Waals surface area contributed by atoms with Crippen LogP contribution in [-0.2, 0) is 9.53 Å². The van der Waals surface area contributed by atoms with E-state index in [1.54, 1.807) is 6.92 Å². The number of carbonyl (C=O) groups is 1. The summed E-state index contributed by atoms with van der Waals surface area (Å²) in [4.78, 5) is 19.8. The maximum absolute atomic E-state index is 11.4. The molecule has 0 aromatic rings. The van der Waals surface area contributed by atoms with Gasteiger partial charge in [0.15, 0.2) is 0 Å². The van der Waals surface area contributed by atoms with E-state index >= 15 is 0 Å². The molecule has 0 atom stereocenters. The fourth-order valence-corrected chi connectivity index (χ4v) is 2.12. The molecular weight excluding hydrogens is 194 g/mol. The van der Waals surface area contributed by atoms with E-state index in [0.29, 0.717) is 12.4 Å². The third-order valence-electron chi connectivity index (χ3n) is 2.91. The van der Waals surface area contributed by atoms with Crippen molar-refractivity contribution < 1.29 is 9.53 Å². The van der Waals surface area contributed by atoms with Gasteiger partial charge in [-0.05, 0) is 19.8 Å². The summed E-state index contributed by atoms with van der Waals surface area (Å²) >= 11 is 0. The van der Waals surface area contributed by atoms with Crippen LogP contribution < -0.4 is 5.73 Å². The van der Waals surface area contributed by atoms with Gasteiger partial charge in [0.2, 0.25) is 5.84 Å². The van der Waals surface area contributed by atoms with Crippen LogP contribution in [0.25, 0.3) is 0 Å². The summed E-state index contributed by atoms with van der Waals surface area (Å²) < 4.78 is 4.84. The topological polar surface area (TPSA) is 77.0 Å². The van der Waals surface area contributed by atoms with Gasteiger partial charge in [0.05, 0.1) is 6.61 Å². The minimum absolute atomic E-state index is 0.135. The van der Waals surface area contributed by atoms with Crippen molar-refractivity contribution in [3.05, 3.63) is 0 Å². The summed E-state index contributed by atoms with van der Waals surface area (Å²) in [7, 11) is 0. The van der Waals surface area contributed by atoms with Gasteiger partial charge in [0, 0.05) is 0 Å². The van der Waals surface area contributed by atoms with E-state index in [4.69, 9.17) is 10.5 Å². The van der Waals surface area contributed by atoms with Crippen molar-refractivity contribution in [1.29, 1.82) is 0 Å². The minimum Gasteiger partial charge on any atom is -0.460 e. The van der Waals surface area contributed by atoms with E-state index in [1.165, 1.54) is 0 Å². The van der Waals surface area contributed by atoms with Crippen molar-refractivity contribution in [2.24, 2.45) is 15.7 Å². The van der Waals surface area contributed by atoms with Gasteiger partial charge in [-0.1, -0.05) is 12.8 Å². The van der Waals surface area contributed by atoms with E-state index in [9.17, 15) is 4.79 Å². The Bertz CT molecular complexity index is 341. The molecule has 2 rings (SSSR count). The molecule has 5 heteroatoms. The first-order valence-electron chi connectivity index (χ1n) is 5.29. The number of hydrogen-bond acceptors (Lipinski definition) is 5. The van der Waals surface area contributed by atoms with Crippen LogP contribution in [0.4, 0.5) is 0 Å². The molecule has 2 N–H and O–H groups in total. The molecule has 0 aromatic heterocycles. The van der Waals surface area contributed by atoms with Crippen molar-refractivity contribution in [2.45, 2.75) is 38.1 Å². The van der Waals surface area contributed by atoms with Gasteiger partial charge in [-0.15, -0.1) is 0 Å². The molecule has 1 aliphatic carbocycles. The van der Waals surface area contributed by atoms with Gasteiger partial charge in [-0.2, -0.15) is 0 Å². The molecule has 2 aliphatic rings. The average Bonchev–Trinajstić information content (AvgIpc) is 2.78. The molecule has 0 unspecified atom stereocenters. The summed E-state index contributed by atoms with van der Waals surface area (Å²) in [6.07, 6.45) is 3.97. The van der Waals surface area contributed by atoms with Crippen molar-refractivity contribution in [2.75, 3.05) is 6.61 Å². The smallest absolute Gasteiger partial charge is 0.376 e. The first-order valence-corrected chi connectivity index (χ1v) is 5.29. The van der Waals surface area contributed by atoms with Crippen LogP contribution in [-0.4, -0.2) is 29.8 Å². The number of nitrogens with zero attached hydrogens (tertiary/aromatic N) is 2. The Morgan fingerprint density at radius 2 is 2.20 bits per heavy atom. The zero-order chi connectivity index (χ0) is 10.9. The second-order valence-electron chi connectivity index (χ2n) is 3.89. The Hall–Kier alpha value is -1.39. The quantitative estimate of drug-likeness (QED) is 0.677. The van der Waals surface area contributed by atoms with Crippen LogP contribution in [0.1, 0.15) is 32.6 Å². The standard InChI is InChI=1S/C10H15N3O2/c1-2-15-8(14)7-12-9(11)10(13-7)5-3-4-6-10/h2-6H2,1H3,(H2,11,12,13). The highest BCUT2D eigenvalue weighted by Crippen LogP contribution is 2.36. The lowest BCUT2D eigenvalue weighted by atomic mass is 9.98. The summed E-state index contributed by atoms with van der Waals surface area (Å²) in [5.74, 6) is 0.142. The van der Waals surface area contributed by atoms with E-state index in [1.807, 2.05) is 0 Å². The molecular formula is C10H15N3O2. The Labute approximate surface area is 88.4 Å². The second kappa shape index (κ2) is 3.64. The van der Waals surface area contributed by atoms with Crippen LogP contribution in [0.2, 0.25) is 0 Å². The third kappa shape index (κ3) is 1.62. The predicted molar refractivity (Wildman–Crippen MR) is 56.9 cm³/mol. The summed E-state index contributed by atoms with van der Waals surface area (Å²) in [5.41, 5.74) is 5.44. The Morgan fingerprint density at radius 3 is 2.80 bits per heavy atom. The highest BCUT2D eigenvalue weighted by Gasteiger charge is 2.42. The van der Waals surface area contributed by atoms with Crippen molar-refractivity contribution >= 4 is 17.6 Å². The van der Waals surface area contributed by atoms with Crippen molar-refractivity contribution in [3.8, 4) is 0 Å². The summed E-state index contributed by atoms with van der Waals surface area (Å²) in [6.45, 7) is 2.09. The Balaban J connectivity index is 2.19. The van der Waals surface area contributed by atoms with Crippen LogP contribution in [0.3, 0.4) is 0 Å². The number of esters is 1. The lowest BCUT2D eigenvalue weighted by molar-refractivity contribution is -0.135. The van der Waals surface area contributed by atoms with Gasteiger partial charge in [0.1, 0.15) is 11.4 Å². The molecule has 0 bridgehead atoms. The Morgan fingerprint density at radius 1 is 1.53 bits per heavy atom. The predicted octanol–water partition coefficient (Wildman–Crippen LogP) is 0.632.